The number of anilines is 1. The van der Waals surface area contributed by atoms with Crippen molar-refractivity contribution in [1.82, 2.24) is 5.32 Å². The second kappa shape index (κ2) is 12.0. The van der Waals surface area contributed by atoms with Gasteiger partial charge in [-0.25, -0.2) is 8.42 Å². The van der Waals surface area contributed by atoms with Crippen LogP contribution in [-0.4, -0.2) is 47.4 Å². The van der Waals surface area contributed by atoms with Crippen LogP contribution < -0.4 is 19.1 Å². The molecule has 186 valence electrons. The van der Waals surface area contributed by atoms with Crippen LogP contribution in [0.3, 0.4) is 0 Å². The summed E-state index contributed by atoms with van der Waals surface area (Å²) >= 11 is 1.62. The second-order valence-corrected chi connectivity index (χ2v) is 10.9. The lowest BCUT2D eigenvalue weighted by molar-refractivity contribution is -0.119. The van der Waals surface area contributed by atoms with E-state index in [1.54, 1.807) is 42.1 Å². The molecule has 35 heavy (non-hydrogen) atoms. The SMILES string of the molecule is COc1ccc(N(CC(=O)NCCSc2ccc(C)cc2)S(=O)(=O)c2ccc(C)cc2)cc1OC. The highest BCUT2D eigenvalue weighted by atomic mass is 32.2. The Bertz CT molecular complexity index is 1240. The van der Waals surface area contributed by atoms with Gasteiger partial charge in [-0.15, -0.1) is 11.8 Å². The first kappa shape index (κ1) is 26.4. The Kier molecular flexibility index (Phi) is 9.06. The molecule has 0 heterocycles. The van der Waals surface area contributed by atoms with Gasteiger partial charge in [-0.3, -0.25) is 9.10 Å². The molecule has 9 heteroatoms. The number of hydrogen-bond donors (Lipinski definition) is 1. The van der Waals surface area contributed by atoms with Crippen LogP contribution in [0.15, 0.2) is 76.5 Å². The van der Waals surface area contributed by atoms with Gasteiger partial charge in [-0.05, 0) is 50.2 Å². The zero-order valence-electron chi connectivity index (χ0n) is 20.3. The third kappa shape index (κ3) is 6.93. The zero-order chi connectivity index (χ0) is 25.4. The molecule has 0 fully saturated rings. The second-order valence-electron chi connectivity index (χ2n) is 7.88. The molecule has 0 unspecified atom stereocenters. The lowest BCUT2D eigenvalue weighted by Gasteiger charge is -2.25. The van der Waals surface area contributed by atoms with Crippen molar-refractivity contribution in [3.63, 3.8) is 0 Å². The highest BCUT2D eigenvalue weighted by molar-refractivity contribution is 7.99. The molecule has 0 aliphatic heterocycles. The average molecular weight is 515 g/mol. The minimum atomic E-state index is -4.02. The number of sulfonamides is 1. The molecular formula is C26H30N2O5S2. The molecule has 0 aromatic heterocycles. The van der Waals surface area contributed by atoms with E-state index in [4.69, 9.17) is 9.47 Å². The summed E-state index contributed by atoms with van der Waals surface area (Å²) in [5.74, 6) is 1.08. The van der Waals surface area contributed by atoms with E-state index >= 15 is 0 Å². The monoisotopic (exact) mass is 514 g/mol. The van der Waals surface area contributed by atoms with E-state index in [0.29, 0.717) is 29.5 Å². The number of ether oxygens (including phenoxy) is 2. The number of nitrogens with zero attached hydrogens (tertiary/aromatic N) is 1. The topological polar surface area (TPSA) is 84.9 Å². The Hall–Kier alpha value is -3.17. The molecule has 0 saturated heterocycles. The average Bonchev–Trinajstić information content (AvgIpc) is 2.86. The lowest BCUT2D eigenvalue weighted by atomic mass is 10.2. The van der Waals surface area contributed by atoms with Gasteiger partial charge >= 0.3 is 0 Å². The Morgan fingerprint density at radius 2 is 1.49 bits per heavy atom. The van der Waals surface area contributed by atoms with Gasteiger partial charge in [0.05, 0.1) is 24.8 Å². The number of thioether (sulfide) groups is 1. The molecule has 3 aromatic rings. The molecule has 0 atom stereocenters. The van der Waals surface area contributed by atoms with Gasteiger partial charge in [0.15, 0.2) is 11.5 Å². The molecular weight excluding hydrogens is 484 g/mol. The van der Waals surface area contributed by atoms with Gasteiger partial charge in [0.2, 0.25) is 5.91 Å². The number of methoxy groups -OCH3 is 2. The molecule has 1 N–H and O–H groups in total. The number of carbonyl (C=O) groups is 1. The number of benzene rings is 3. The smallest absolute Gasteiger partial charge is 0.264 e. The van der Waals surface area contributed by atoms with Gasteiger partial charge < -0.3 is 14.8 Å². The van der Waals surface area contributed by atoms with E-state index in [-0.39, 0.29) is 11.4 Å². The first-order valence-corrected chi connectivity index (χ1v) is 13.4. The predicted molar refractivity (Wildman–Crippen MR) is 140 cm³/mol. The molecule has 3 aromatic carbocycles. The number of amides is 1. The first-order chi connectivity index (χ1) is 16.7. The van der Waals surface area contributed by atoms with Gasteiger partial charge in [0, 0.05) is 23.3 Å². The van der Waals surface area contributed by atoms with Crippen molar-refractivity contribution in [2.24, 2.45) is 0 Å². The standard InChI is InChI=1S/C26H30N2O5S2/c1-19-5-10-22(11-6-19)34-16-15-27-26(29)18-28(21-9-14-24(32-3)25(17-21)33-4)35(30,31)23-12-7-20(2)8-13-23/h5-14,17H,15-16,18H2,1-4H3,(H,27,29). The summed E-state index contributed by atoms with van der Waals surface area (Å²) in [6.07, 6.45) is 0. The lowest BCUT2D eigenvalue weighted by Crippen LogP contribution is -2.41. The molecule has 7 nitrogen and oxygen atoms in total. The fourth-order valence-corrected chi connectivity index (χ4v) is 5.49. The third-order valence-corrected chi connectivity index (χ3v) is 8.07. The third-order valence-electron chi connectivity index (χ3n) is 5.27. The highest BCUT2D eigenvalue weighted by Gasteiger charge is 2.28. The van der Waals surface area contributed by atoms with E-state index < -0.39 is 15.9 Å². The molecule has 0 saturated carbocycles. The summed E-state index contributed by atoms with van der Waals surface area (Å²) in [6, 6.07) is 19.4. The van der Waals surface area contributed by atoms with Crippen LogP contribution in [0.5, 0.6) is 11.5 Å². The summed E-state index contributed by atoms with van der Waals surface area (Å²) in [6.45, 7) is 3.94. The Morgan fingerprint density at radius 1 is 0.886 bits per heavy atom. The summed E-state index contributed by atoms with van der Waals surface area (Å²) in [7, 11) is -1.05. The summed E-state index contributed by atoms with van der Waals surface area (Å²) in [4.78, 5) is 14.0. The fraction of sp³-hybridized carbons (Fsp3) is 0.269. The van der Waals surface area contributed by atoms with Crippen LogP contribution in [0.25, 0.3) is 0 Å². The summed E-state index contributed by atoms with van der Waals surface area (Å²) in [5.41, 5.74) is 2.42. The van der Waals surface area contributed by atoms with Gasteiger partial charge in [-0.1, -0.05) is 35.4 Å². The molecule has 1 amide bonds. The van der Waals surface area contributed by atoms with Crippen LogP contribution in [0.2, 0.25) is 0 Å². The number of nitrogens with one attached hydrogen (secondary N) is 1. The van der Waals surface area contributed by atoms with Crippen molar-refractivity contribution in [3.05, 3.63) is 77.9 Å². The number of hydrogen-bond acceptors (Lipinski definition) is 6. The van der Waals surface area contributed by atoms with E-state index in [2.05, 4.69) is 5.32 Å². The number of aryl methyl sites for hydroxylation is 2. The van der Waals surface area contributed by atoms with Crippen molar-refractivity contribution < 1.29 is 22.7 Å². The van der Waals surface area contributed by atoms with E-state index in [9.17, 15) is 13.2 Å². The minimum Gasteiger partial charge on any atom is -0.493 e. The van der Waals surface area contributed by atoms with E-state index in [1.165, 1.54) is 31.9 Å². The molecule has 0 radical (unpaired) electrons. The Labute approximate surface area is 211 Å². The van der Waals surface area contributed by atoms with Gasteiger partial charge in [0.1, 0.15) is 6.54 Å². The maximum absolute atomic E-state index is 13.5. The summed E-state index contributed by atoms with van der Waals surface area (Å²) in [5, 5.41) is 2.83. The molecule has 0 aliphatic carbocycles. The number of carbonyl (C=O) groups excluding carboxylic acids is 1. The van der Waals surface area contributed by atoms with E-state index in [0.717, 1.165) is 14.8 Å². The Morgan fingerprint density at radius 3 is 2.09 bits per heavy atom. The van der Waals surface area contributed by atoms with Crippen molar-refractivity contribution in [2.75, 3.05) is 37.4 Å². The van der Waals surface area contributed by atoms with Crippen LogP contribution in [-0.2, 0) is 14.8 Å². The molecule has 0 aliphatic rings. The largest absolute Gasteiger partial charge is 0.493 e. The van der Waals surface area contributed by atoms with E-state index in [1.807, 2.05) is 38.1 Å². The highest BCUT2D eigenvalue weighted by Crippen LogP contribution is 2.33. The van der Waals surface area contributed by atoms with Crippen LogP contribution in [0.4, 0.5) is 5.69 Å². The van der Waals surface area contributed by atoms with Crippen LogP contribution in [0, 0.1) is 13.8 Å². The fourth-order valence-electron chi connectivity index (χ4n) is 3.31. The van der Waals surface area contributed by atoms with Crippen LogP contribution >= 0.6 is 11.8 Å². The first-order valence-electron chi connectivity index (χ1n) is 11.0. The van der Waals surface area contributed by atoms with Crippen molar-refractivity contribution in [1.29, 1.82) is 0 Å². The number of rotatable bonds is 11. The normalized spacial score (nSPS) is 11.1. The van der Waals surface area contributed by atoms with Crippen LogP contribution in [0.1, 0.15) is 11.1 Å². The molecule has 0 spiro atoms. The molecule has 0 bridgehead atoms. The van der Waals surface area contributed by atoms with Crippen molar-refractivity contribution >= 4 is 33.4 Å². The quantitative estimate of drug-likeness (QED) is 0.301. The maximum atomic E-state index is 13.5. The predicted octanol–water partition coefficient (Wildman–Crippen LogP) is 4.42. The van der Waals surface area contributed by atoms with Gasteiger partial charge in [0.25, 0.3) is 10.0 Å². The maximum Gasteiger partial charge on any atom is 0.264 e. The van der Waals surface area contributed by atoms with Gasteiger partial charge in [-0.2, -0.15) is 0 Å². The minimum absolute atomic E-state index is 0.0978. The molecule has 3 rings (SSSR count). The van der Waals surface area contributed by atoms with Crippen molar-refractivity contribution in [3.8, 4) is 11.5 Å². The van der Waals surface area contributed by atoms with Crippen molar-refractivity contribution in [2.45, 2.75) is 23.6 Å². The Balaban J connectivity index is 1.78. The summed E-state index contributed by atoms with van der Waals surface area (Å²) < 4.78 is 38.8. The zero-order valence-corrected chi connectivity index (χ0v) is 21.9.